The molecule has 0 fully saturated rings. The summed E-state index contributed by atoms with van der Waals surface area (Å²) in [6, 6.07) is 4.86. The van der Waals surface area contributed by atoms with Gasteiger partial charge in [-0.25, -0.2) is 9.78 Å². The van der Waals surface area contributed by atoms with E-state index in [4.69, 9.17) is 26.2 Å². The van der Waals surface area contributed by atoms with Crippen molar-refractivity contribution in [2.24, 2.45) is 5.10 Å². The normalized spacial score (nSPS) is 12.0. The molecule has 0 bridgehead atoms. The molecule has 1 aromatic carbocycles. The third-order valence-corrected chi connectivity index (χ3v) is 4.25. The van der Waals surface area contributed by atoms with Crippen LogP contribution < -0.4 is 10.2 Å². The Bertz CT molecular complexity index is 840. The fourth-order valence-corrected chi connectivity index (χ4v) is 2.79. The van der Waals surface area contributed by atoms with Crippen LogP contribution in [0, 0.1) is 0 Å². The molecule has 1 atom stereocenters. The maximum atomic E-state index is 11.4. The topological polar surface area (TPSA) is 110 Å². The summed E-state index contributed by atoms with van der Waals surface area (Å²) >= 11 is 7.41. The standard InChI is InChI=1S/C17H18ClN3O5S/c1-3-25-15(22)7-12-9-27-17(20-12)21-19-8-11-4-5-14(13(18)6-11)26-10(2)16(23)24/h4-6,8-10H,3,7H2,1-2H3,(H,20,21)(H,23,24). The highest BCUT2D eigenvalue weighted by atomic mass is 35.5. The highest BCUT2D eigenvalue weighted by molar-refractivity contribution is 7.13. The fraction of sp³-hybridized carbons (Fsp3) is 0.294. The minimum Gasteiger partial charge on any atom is -0.479 e. The molecule has 2 aromatic rings. The van der Waals surface area contributed by atoms with Crippen LogP contribution in [0.15, 0.2) is 28.7 Å². The molecule has 0 saturated carbocycles. The molecule has 0 aliphatic rings. The molecular weight excluding hydrogens is 394 g/mol. The molecule has 10 heteroatoms. The molecule has 1 aromatic heterocycles. The average molecular weight is 412 g/mol. The number of hydrogen-bond donors (Lipinski definition) is 2. The highest BCUT2D eigenvalue weighted by Crippen LogP contribution is 2.26. The van der Waals surface area contributed by atoms with Crippen LogP contribution in [0.3, 0.4) is 0 Å². The molecule has 0 spiro atoms. The number of anilines is 1. The molecule has 2 N–H and O–H groups in total. The van der Waals surface area contributed by atoms with E-state index in [2.05, 4.69) is 15.5 Å². The van der Waals surface area contributed by atoms with Gasteiger partial charge in [0.15, 0.2) is 6.10 Å². The number of aliphatic carboxylic acids is 1. The Morgan fingerprint density at radius 1 is 1.48 bits per heavy atom. The number of hydrazone groups is 1. The number of nitrogens with zero attached hydrogens (tertiary/aromatic N) is 2. The third kappa shape index (κ3) is 6.54. The van der Waals surface area contributed by atoms with Crippen LogP contribution in [0.2, 0.25) is 5.02 Å². The van der Waals surface area contributed by atoms with E-state index in [0.29, 0.717) is 23.0 Å². The van der Waals surface area contributed by atoms with Gasteiger partial charge in [-0.15, -0.1) is 11.3 Å². The van der Waals surface area contributed by atoms with Crippen LogP contribution in [0.25, 0.3) is 0 Å². The number of carboxylic acids is 1. The Kier molecular flexibility index (Phi) is 7.56. The van der Waals surface area contributed by atoms with Gasteiger partial charge in [0.2, 0.25) is 5.13 Å². The number of benzene rings is 1. The van der Waals surface area contributed by atoms with Crippen LogP contribution in [-0.2, 0) is 20.7 Å². The second-order valence-electron chi connectivity index (χ2n) is 5.28. The van der Waals surface area contributed by atoms with Gasteiger partial charge >= 0.3 is 11.9 Å². The lowest BCUT2D eigenvalue weighted by Crippen LogP contribution is -2.23. The first-order valence-electron chi connectivity index (χ1n) is 7.97. The third-order valence-electron chi connectivity index (χ3n) is 3.16. The second kappa shape index (κ2) is 9.89. The highest BCUT2D eigenvalue weighted by Gasteiger charge is 2.14. The Morgan fingerprint density at radius 3 is 2.93 bits per heavy atom. The van der Waals surface area contributed by atoms with Gasteiger partial charge in [0.05, 0.1) is 30.0 Å². The number of carboxylic acid groups (broad SMARTS) is 1. The van der Waals surface area contributed by atoms with Gasteiger partial charge in [-0.1, -0.05) is 11.6 Å². The van der Waals surface area contributed by atoms with Crippen molar-refractivity contribution < 1.29 is 24.2 Å². The van der Waals surface area contributed by atoms with Crippen molar-refractivity contribution in [1.29, 1.82) is 0 Å². The fourth-order valence-electron chi connectivity index (χ4n) is 1.90. The van der Waals surface area contributed by atoms with E-state index in [0.717, 1.165) is 0 Å². The number of carbonyl (C=O) groups is 2. The number of nitrogens with one attached hydrogen (secondary N) is 1. The molecule has 8 nitrogen and oxygen atoms in total. The van der Waals surface area contributed by atoms with Crippen LogP contribution in [-0.4, -0.2) is 41.0 Å². The lowest BCUT2D eigenvalue weighted by molar-refractivity contribution is -0.144. The number of aromatic nitrogens is 1. The molecule has 1 unspecified atom stereocenters. The monoisotopic (exact) mass is 411 g/mol. The summed E-state index contributed by atoms with van der Waals surface area (Å²) in [6.07, 6.45) is 0.641. The minimum atomic E-state index is -1.08. The largest absolute Gasteiger partial charge is 0.479 e. The lowest BCUT2D eigenvalue weighted by atomic mass is 10.2. The Labute approximate surface area is 164 Å². The van der Waals surface area contributed by atoms with Crippen LogP contribution >= 0.6 is 22.9 Å². The van der Waals surface area contributed by atoms with E-state index >= 15 is 0 Å². The van der Waals surface area contributed by atoms with Gasteiger partial charge in [-0.05, 0) is 37.6 Å². The molecule has 0 aliphatic carbocycles. The average Bonchev–Trinajstić information content (AvgIpc) is 3.04. The predicted molar refractivity (Wildman–Crippen MR) is 103 cm³/mol. The summed E-state index contributed by atoms with van der Waals surface area (Å²) in [6.45, 7) is 3.50. The number of thiazole rings is 1. The first-order valence-corrected chi connectivity index (χ1v) is 9.23. The molecule has 27 heavy (non-hydrogen) atoms. The predicted octanol–water partition coefficient (Wildman–Crippen LogP) is 3.20. The maximum Gasteiger partial charge on any atom is 0.344 e. The van der Waals surface area contributed by atoms with Crippen LogP contribution in [0.1, 0.15) is 25.1 Å². The summed E-state index contributed by atoms with van der Waals surface area (Å²) in [7, 11) is 0. The van der Waals surface area contributed by atoms with Gasteiger partial charge in [-0.2, -0.15) is 5.10 Å². The molecule has 1 heterocycles. The Hall–Kier alpha value is -2.65. The van der Waals surface area contributed by atoms with Gasteiger partial charge < -0.3 is 14.6 Å². The van der Waals surface area contributed by atoms with Gasteiger partial charge in [0.25, 0.3) is 0 Å². The number of esters is 1. The zero-order valence-electron chi connectivity index (χ0n) is 14.6. The summed E-state index contributed by atoms with van der Waals surface area (Å²) in [5.74, 6) is -1.13. The molecule has 0 saturated heterocycles. The summed E-state index contributed by atoms with van der Waals surface area (Å²) in [5.41, 5.74) is 4.06. The number of rotatable bonds is 9. The molecule has 0 amide bonds. The molecule has 2 rings (SSSR count). The van der Waals surface area contributed by atoms with E-state index < -0.39 is 12.1 Å². The second-order valence-corrected chi connectivity index (χ2v) is 6.55. The van der Waals surface area contributed by atoms with Crippen molar-refractivity contribution >= 4 is 46.2 Å². The zero-order valence-corrected chi connectivity index (χ0v) is 16.2. The first-order chi connectivity index (χ1) is 12.9. The van der Waals surface area contributed by atoms with Gasteiger partial charge in [0, 0.05) is 5.38 Å². The van der Waals surface area contributed by atoms with Gasteiger partial charge in [0.1, 0.15) is 5.75 Å². The maximum absolute atomic E-state index is 11.4. The summed E-state index contributed by atoms with van der Waals surface area (Å²) in [5, 5.41) is 15.5. The SMILES string of the molecule is CCOC(=O)Cc1csc(NN=Cc2ccc(OC(C)C(=O)O)c(Cl)c2)n1. The molecule has 144 valence electrons. The van der Waals surface area contributed by atoms with E-state index in [9.17, 15) is 9.59 Å². The minimum absolute atomic E-state index is 0.113. The smallest absolute Gasteiger partial charge is 0.344 e. The van der Waals surface area contributed by atoms with Crippen LogP contribution in [0.5, 0.6) is 5.75 Å². The summed E-state index contributed by atoms with van der Waals surface area (Å²) in [4.78, 5) is 26.5. The van der Waals surface area contributed by atoms with Gasteiger partial charge in [-0.3, -0.25) is 10.2 Å². The van der Waals surface area contributed by atoms with Crippen molar-refractivity contribution in [1.82, 2.24) is 4.98 Å². The van der Waals surface area contributed by atoms with E-state index in [1.807, 2.05) is 0 Å². The number of hydrogen-bond acceptors (Lipinski definition) is 8. The van der Waals surface area contributed by atoms with E-state index in [1.54, 1.807) is 30.5 Å². The molecular formula is C17H18ClN3O5S. The quantitative estimate of drug-likeness (QED) is 0.370. The van der Waals surface area contributed by atoms with Crippen molar-refractivity contribution in [3.05, 3.63) is 39.9 Å². The number of ether oxygens (including phenoxy) is 2. The van der Waals surface area contributed by atoms with Crippen molar-refractivity contribution in [2.45, 2.75) is 26.4 Å². The van der Waals surface area contributed by atoms with Crippen molar-refractivity contribution in [2.75, 3.05) is 12.0 Å². The van der Waals surface area contributed by atoms with E-state index in [-0.39, 0.29) is 23.2 Å². The van der Waals surface area contributed by atoms with Crippen LogP contribution in [0.4, 0.5) is 5.13 Å². The Morgan fingerprint density at radius 2 is 2.26 bits per heavy atom. The van der Waals surface area contributed by atoms with E-state index in [1.165, 1.54) is 24.5 Å². The first kappa shape index (κ1) is 20.7. The number of halogens is 1. The molecule has 0 radical (unpaired) electrons. The lowest BCUT2D eigenvalue weighted by Gasteiger charge is -2.11. The summed E-state index contributed by atoms with van der Waals surface area (Å²) < 4.78 is 10.1. The zero-order chi connectivity index (χ0) is 19.8. The van der Waals surface area contributed by atoms with Crippen molar-refractivity contribution in [3.8, 4) is 5.75 Å². The molecule has 0 aliphatic heterocycles. The Balaban J connectivity index is 1.93. The number of carbonyl (C=O) groups excluding carboxylic acids is 1. The van der Waals surface area contributed by atoms with Crippen molar-refractivity contribution in [3.63, 3.8) is 0 Å².